The summed E-state index contributed by atoms with van der Waals surface area (Å²) in [5, 5.41) is 11.4. The van der Waals surface area contributed by atoms with Crippen LogP contribution >= 0.6 is 0 Å². The van der Waals surface area contributed by atoms with Gasteiger partial charge in [0.25, 0.3) is 0 Å². The molecule has 0 spiro atoms. The van der Waals surface area contributed by atoms with Crippen molar-refractivity contribution in [2.75, 3.05) is 7.11 Å². The maximum Gasteiger partial charge on any atom is 0.186 e. The Labute approximate surface area is 134 Å². The molecule has 0 fully saturated rings. The number of ketones is 1. The Morgan fingerprint density at radius 1 is 1.00 bits per heavy atom. The summed E-state index contributed by atoms with van der Waals surface area (Å²) in [6, 6.07) is 18.1. The van der Waals surface area contributed by atoms with E-state index in [2.05, 4.69) is 0 Å². The summed E-state index contributed by atoms with van der Waals surface area (Å²) in [6.07, 6.45) is 3.28. The number of aromatic hydroxyl groups is 1. The van der Waals surface area contributed by atoms with Gasteiger partial charge in [-0.25, -0.2) is 0 Å². The van der Waals surface area contributed by atoms with Gasteiger partial charge in [0, 0.05) is 16.3 Å². The molecular weight excluding hydrogens is 288 g/mol. The van der Waals surface area contributed by atoms with E-state index in [1.54, 1.807) is 37.5 Å². The summed E-state index contributed by atoms with van der Waals surface area (Å²) in [5.41, 5.74) is 1.40. The van der Waals surface area contributed by atoms with Gasteiger partial charge in [-0.3, -0.25) is 4.79 Å². The van der Waals surface area contributed by atoms with Crippen molar-refractivity contribution in [3.8, 4) is 11.5 Å². The maximum atomic E-state index is 12.5. The normalized spacial score (nSPS) is 11.0. The van der Waals surface area contributed by atoms with Gasteiger partial charge >= 0.3 is 0 Å². The molecule has 0 unspecified atom stereocenters. The molecule has 0 aliphatic carbocycles. The predicted octanol–water partition coefficient (Wildman–Crippen LogP) is 4.45. The van der Waals surface area contributed by atoms with Crippen molar-refractivity contribution in [2.45, 2.75) is 0 Å². The molecule has 0 aromatic heterocycles. The minimum absolute atomic E-state index is 0.0675. The molecule has 0 heterocycles. The number of methoxy groups -OCH3 is 1. The highest BCUT2D eigenvalue weighted by Gasteiger charge is 2.14. The summed E-state index contributed by atoms with van der Waals surface area (Å²) in [7, 11) is 1.57. The third-order valence-corrected chi connectivity index (χ3v) is 3.69. The van der Waals surface area contributed by atoms with Crippen molar-refractivity contribution in [2.24, 2.45) is 0 Å². The average Bonchev–Trinajstić information content (AvgIpc) is 2.60. The summed E-state index contributed by atoms with van der Waals surface area (Å²) in [5.74, 6) is 0.528. The van der Waals surface area contributed by atoms with E-state index in [-0.39, 0.29) is 11.5 Å². The lowest BCUT2D eigenvalue weighted by Gasteiger charge is -2.10. The van der Waals surface area contributed by atoms with Gasteiger partial charge in [0.15, 0.2) is 5.78 Å². The lowest BCUT2D eigenvalue weighted by molar-refractivity contribution is 0.104. The largest absolute Gasteiger partial charge is 0.507 e. The second kappa shape index (κ2) is 6.36. The van der Waals surface area contributed by atoms with Crippen molar-refractivity contribution in [1.82, 2.24) is 0 Å². The van der Waals surface area contributed by atoms with Crippen molar-refractivity contribution in [3.05, 3.63) is 77.9 Å². The summed E-state index contributed by atoms with van der Waals surface area (Å²) < 4.78 is 5.31. The number of ether oxygens (including phenoxy) is 1. The third kappa shape index (κ3) is 2.94. The van der Waals surface area contributed by atoms with Crippen LogP contribution in [0.3, 0.4) is 0 Å². The van der Waals surface area contributed by atoms with Crippen molar-refractivity contribution >= 4 is 22.6 Å². The Kier molecular flexibility index (Phi) is 4.11. The van der Waals surface area contributed by atoms with Crippen LogP contribution in [0, 0.1) is 0 Å². The van der Waals surface area contributed by atoms with Gasteiger partial charge in [-0.2, -0.15) is 0 Å². The van der Waals surface area contributed by atoms with Crippen LogP contribution in [0.25, 0.3) is 16.8 Å². The van der Waals surface area contributed by atoms with Crippen LogP contribution in [0.2, 0.25) is 0 Å². The molecule has 1 N–H and O–H groups in total. The van der Waals surface area contributed by atoms with E-state index in [9.17, 15) is 9.90 Å². The topological polar surface area (TPSA) is 46.5 Å². The van der Waals surface area contributed by atoms with Crippen molar-refractivity contribution < 1.29 is 14.6 Å². The van der Waals surface area contributed by atoms with Crippen molar-refractivity contribution in [3.63, 3.8) is 0 Å². The molecule has 0 aliphatic rings. The highest BCUT2D eigenvalue weighted by molar-refractivity contribution is 6.17. The highest BCUT2D eigenvalue weighted by atomic mass is 16.5. The molecule has 3 aromatic rings. The maximum absolute atomic E-state index is 12.5. The van der Waals surface area contributed by atoms with Crippen LogP contribution in [-0.4, -0.2) is 18.0 Å². The molecule has 3 nitrogen and oxygen atoms in total. The van der Waals surface area contributed by atoms with E-state index in [0.717, 1.165) is 5.56 Å². The first-order valence-electron chi connectivity index (χ1n) is 7.27. The number of carbonyl (C=O) groups is 1. The monoisotopic (exact) mass is 304 g/mol. The van der Waals surface area contributed by atoms with Crippen LogP contribution < -0.4 is 4.74 Å². The van der Waals surface area contributed by atoms with E-state index in [1.165, 1.54) is 6.08 Å². The smallest absolute Gasteiger partial charge is 0.186 e. The first-order chi connectivity index (χ1) is 11.2. The van der Waals surface area contributed by atoms with E-state index in [0.29, 0.717) is 22.1 Å². The SMILES string of the molecule is COc1ccc(C(=O)/C=C/c2ccccc2)c2c(O)cccc12. The number of allylic oxidation sites excluding steroid dienone is 1. The zero-order valence-electron chi connectivity index (χ0n) is 12.7. The van der Waals surface area contributed by atoms with Gasteiger partial charge < -0.3 is 9.84 Å². The van der Waals surface area contributed by atoms with Crippen LogP contribution in [0.5, 0.6) is 11.5 Å². The number of benzene rings is 3. The van der Waals surface area contributed by atoms with Gasteiger partial charge in [-0.1, -0.05) is 48.5 Å². The van der Waals surface area contributed by atoms with Gasteiger partial charge in [-0.05, 0) is 29.8 Å². The van der Waals surface area contributed by atoms with Crippen LogP contribution in [0.4, 0.5) is 0 Å². The number of rotatable bonds is 4. The molecular formula is C20H16O3. The molecule has 0 saturated heterocycles. The number of carbonyl (C=O) groups excluding carboxylic acids is 1. The summed E-state index contributed by atoms with van der Waals surface area (Å²) >= 11 is 0. The Morgan fingerprint density at radius 2 is 1.78 bits per heavy atom. The van der Waals surface area contributed by atoms with Gasteiger partial charge in [0.1, 0.15) is 11.5 Å². The lowest BCUT2D eigenvalue weighted by Crippen LogP contribution is -1.97. The highest BCUT2D eigenvalue weighted by Crippen LogP contribution is 2.34. The molecule has 0 radical (unpaired) electrons. The molecule has 0 aliphatic heterocycles. The van der Waals surface area contributed by atoms with Crippen LogP contribution in [0.15, 0.2) is 66.7 Å². The molecule has 114 valence electrons. The first-order valence-corrected chi connectivity index (χ1v) is 7.27. The molecule has 3 heteroatoms. The summed E-state index contributed by atoms with van der Waals surface area (Å²) in [4.78, 5) is 12.5. The predicted molar refractivity (Wildman–Crippen MR) is 92.0 cm³/mol. The van der Waals surface area contributed by atoms with E-state index in [1.807, 2.05) is 36.4 Å². The molecule has 23 heavy (non-hydrogen) atoms. The Bertz CT molecular complexity index is 880. The Hall–Kier alpha value is -3.07. The number of hydrogen-bond acceptors (Lipinski definition) is 3. The second-order valence-corrected chi connectivity index (χ2v) is 5.12. The standard InChI is InChI=1S/C20H16O3/c1-23-19-13-11-15(20-16(19)8-5-9-18(20)22)17(21)12-10-14-6-3-2-4-7-14/h2-13,22H,1H3/b12-10+. The number of phenols is 1. The van der Waals surface area contributed by atoms with E-state index < -0.39 is 0 Å². The molecule has 0 atom stereocenters. The molecule has 3 rings (SSSR count). The number of fused-ring (bicyclic) bond motifs is 1. The first kappa shape index (κ1) is 14.9. The third-order valence-electron chi connectivity index (χ3n) is 3.69. The lowest BCUT2D eigenvalue weighted by atomic mass is 9.99. The quantitative estimate of drug-likeness (QED) is 0.572. The fourth-order valence-electron chi connectivity index (χ4n) is 2.57. The fourth-order valence-corrected chi connectivity index (χ4v) is 2.57. The zero-order valence-corrected chi connectivity index (χ0v) is 12.7. The van der Waals surface area contributed by atoms with Crippen molar-refractivity contribution in [1.29, 1.82) is 0 Å². The number of phenolic OH excluding ortho intramolecular Hbond substituents is 1. The average molecular weight is 304 g/mol. The summed E-state index contributed by atoms with van der Waals surface area (Å²) in [6.45, 7) is 0. The van der Waals surface area contributed by atoms with Gasteiger partial charge in [0.05, 0.1) is 7.11 Å². The fraction of sp³-hybridized carbons (Fsp3) is 0.0500. The molecule has 0 bridgehead atoms. The Morgan fingerprint density at radius 3 is 2.52 bits per heavy atom. The number of hydrogen-bond donors (Lipinski definition) is 1. The Balaban J connectivity index is 2.06. The van der Waals surface area contributed by atoms with Gasteiger partial charge in [-0.15, -0.1) is 0 Å². The molecule has 0 saturated carbocycles. The minimum atomic E-state index is -0.164. The van der Waals surface area contributed by atoms with Crippen LogP contribution in [0.1, 0.15) is 15.9 Å². The zero-order chi connectivity index (χ0) is 16.2. The van der Waals surface area contributed by atoms with E-state index in [4.69, 9.17) is 4.74 Å². The van der Waals surface area contributed by atoms with Gasteiger partial charge in [0.2, 0.25) is 0 Å². The van der Waals surface area contributed by atoms with E-state index >= 15 is 0 Å². The van der Waals surface area contributed by atoms with Crippen LogP contribution in [-0.2, 0) is 0 Å². The molecule has 0 amide bonds. The molecule has 3 aromatic carbocycles. The second-order valence-electron chi connectivity index (χ2n) is 5.12. The minimum Gasteiger partial charge on any atom is -0.507 e.